The van der Waals surface area contributed by atoms with Crippen molar-refractivity contribution in [3.8, 4) is 0 Å². The second kappa shape index (κ2) is 7.17. The van der Waals surface area contributed by atoms with Crippen LogP contribution < -0.4 is 4.90 Å². The third-order valence-electron chi connectivity index (χ3n) is 5.54. The van der Waals surface area contributed by atoms with Crippen LogP contribution in [0.1, 0.15) is 25.7 Å². The van der Waals surface area contributed by atoms with Crippen molar-refractivity contribution >= 4 is 32.7 Å². The average molecular weight is 408 g/mol. The Morgan fingerprint density at radius 3 is 2.80 bits per heavy atom. The van der Waals surface area contributed by atoms with Gasteiger partial charge in [0.05, 0.1) is 16.6 Å². The summed E-state index contributed by atoms with van der Waals surface area (Å²) in [5, 5.41) is 10.5. The van der Waals surface area contributed by atoms with Gasteiger partial charge in [0.15, 0.2) is 0 Å². The molecule has 2 aliphatic heterocycles. The van der Waals surface area contributed by atoms with Gasteiger partial charge in [-0.2, -0.15) is 0 Å². The summed E-state index contributed by atoms with van der Waals surface area (Å²) < 4.78 is 14.3. The summed E-state index contributed by atoms with van der Waals surface area (Å²) in [6.45, 7) is 3.27. The molecule has 2 aromatic rings. The molecule has 6 heteroatoms. The number of fused-ring (bicyclic) bond motifs is 1. The van der Waals surface area contributed by atoms with E-state index in [9.17, 15) is 9.50 Å². The molecule has 1 N–H and O–H groups in total. The van der Waals surface area contributed by atoms with E-state index < -0.39 is 0 Å². The fraction of sp³-hybridized carbons (Fsp3) is 0.526. The number of aliphatic hydroxyl groups excluding tert-OH is 1. The molecule has 4 rings (SSSR count). The lowest BCUT2D eigenvalue weighted by atomic mass is 10.1. The summed E-state index contributed by atoms with van der Waals surface area (Å²) in [6.07, 6.45) is 4.55. The molecule has 1 aromatic carbocycles. The Morgan fingerprint density at radius 2 is 1.96 bits per heavy atom. The van der Waals surface area contributed by atoms with Crippen LogP contribution in [0.3, 0.4) is 0 Å². The van der Waals surface area contributed by atoms with Crippen molar-refractivity contribution in [3.63, 3.8) is 0 Å². The number of nitrogens with zero attached hydrogens (tertiary/aromatic N) is 3. The van der Waals surface area contributed by atoms with Gasteiger partial charge in [-0.15, -0.1) is 0 Å². The summed E-state index contributed by atoms with van der Waals surface area (Å²) in [5.41, 5.74) is 0.693. The van der Waals surface area contributed by atoms with Crippen molar-refractivity contribution < 1.29 is 9.50 Å². The molecule has 25 heavy (non-hydrogen) atoms. The Hall–Kier alpha value is -1.24. The highest BCUT2D eigenvalue weighted by atomic mass is 79.9. The first-order chi connectivity index (χ1) is 12.2. The summed E-state index contributed by atoms with van der Waals surface area (Å²) in [4.78, 5) is 9.49. The van der Waals surface area contributed by atoms with Crippen molar-refractivity contribution in [1.29, 1.82) is 0 Å². The quantitative estimate of drug-likeness (QED) is 0.840. The van der Waals surface area contributed by atoms with E-state index in [1.165, 1.54) is 12.5 Å². The molecule has 2 saturated heterocycles. The molecule has 0 saturated carbocycles. The molecule has 0 radical (unpaired) electrons. The molecule has 4 nitrogen and oxygen atoms in total. The number of pyridine rings is 1. The van der Waals surface area contributed by atoms with Gasteiger partial charge in [-0.25, -0.2) is 9.37 Å². The maximum absolute atomic E-state index is 13.9. The molecule has 0 bridgehead atoms. The fourth-order valence-electron chi connectivity index (χ4n) is 4.21. The SMILES string of the molecule is OCC1CCCN1CC1CCCN1c1ccc2cc(Br)c(F)cc2n1. The van der Waals surface area contributed by atoms with Gasteiger partial charge in [-0.1, -0.05) is 0 Å². The Balaban J connectivity index is 1.57. The van der Waals surface area contributed by atoms with Crippen LogP contribution in [0.15, 0.2) is 28.7 Å². The highest BCUT2D eigenvalue weighted by Crippen LogP contribution is 2.29. The molecule has 1 aromatic heterocycles. The van der Waals surface area contributed by atoms with Gasteiger partial charge in [0, 0.05) is 36.6 Å². The zero-order chi connectivity index (χ0) is 17.4. The topological polar surface area (TPSA) is 39.6 Å². The Labute approximate surface area is 155 Å². The minimum Gasteiger partial charge on any atom is -0.395 e. The largest absolute Gasteiger partial charge is 0.395 e. The van der Waals surface area contributed by atoms with Gasteiger partial charge >= 0.3 is 0 Å². The maximum Gasteiger partial charge on any atom is 0.139 e. The zero-order valence-electron chi connectivity index (χ0n) is 14.2. The number of hydrogen-bond donors (Lipinski definition) is 1. The number of benzene rings is 1. The van der Waals surface area contributed by atoms with Gasteiger partial charge in [0.25, 0.3) is 0 Å². The van der Waals surface area contributed by atoms with Crippen LogP contribution in [0.4, 0.5) is 10.2 Å². The van der Waals surface area contributed by atoms with Gasteiger partial charge in [0.2, 0.25) is 0 Å². The van der Waals surface area contributed by atoms with E-state index in [0.717, 1.165) is 50.1 Å². The van der Waals surface area contributed by atoms with E-state index in [4.69, 9.17) is 4.98 Å². The van der Waals surface area contributed by atoms with Crippen molar-refractivity contribution in [2.24, 2.45) is 0 Å². The maximum atomic E-state index is 13.9. The van der Waals surface area contributed by atoms with Gasteiger partial charge in [0.1, 0.15) is 11.6 Å². The fourth-order valence-corrected chi connectivity index (χ4v) is 4.57. The summed E-state index contributed by atoms with van der Waals surface area (Å²) in [7, 11) is 0. The van der Waals surface area contributed by atoms with E-state index in [0.29, 0.717) is 22.1 Å². The molecule has 2 atom stereocenters. The standard InChI is InChI=1S/C19H23BrFN3O/c20-16-9-13-5-6-19(22-18(13)10-17(16)21)24-8-2-3-14(24)11-23-7-1-4-15(23)12-25/h5-6,9-10,14-15,25H,1-4,7-8,11-12H2. The number of aliphatic hydroxyl groups is 1. The molecule has 0 spiro atoms. The van der Waals surface area contributed by atoms with E-state index >= 15 is 0 Å². The molecular weight excluding hydrogens is 385 g/mol. The molecule has 134 valence electrons. The number of likely N-dealkylation sites (tertiary alicyclic amines) is 1. The molecule has 0 aliphatic carbocycles. The number of aromatic nitrogens is 1. The first-order valence-corrected chi connectivity index (χ1v) is 9.82. The lowest BCUT2D eigenvalue weighted by molar-refractivity contribution is 0.153. The molecule has 2 aliphatic rings. The van der Waals surface area contributed by atoms with Gasteiger partial charge in [-0.05, 0) is 66.4 Å². The number of anilines is 1. The van der Waals surface area contributed by atoms with Crippen LogP contribution in [-0.4, -0.2) is 53.3 Å². The lowest BCUT2D eigenvalue weighted by Gasteiger charge is -2.32. The van der Waals surface area contributed by atoms with E-state index in [2.05, 4.69) is 25.7 Å². The van der Waals surface area contributed by atoms with Crippen LogP contribution in [0.25, 0.3) is 10.9 Å². The predicted molar refractivity (Wildman–Crippen MR) is 101 cm³/mol. The van der Waals surface area contributed by atoms with Gasteiger partial charge in [-0.3, -0.25) is 4.90 Å². The van der Waals surface area contributed by atoms with Crippen LogP contribution >= 0.6 is 15.9 Å². The summed E-state index contributed by atoms with van der Waals surface area (Å²) in [5.74, 6) is 0.648. The van der Waals surface area contributed by atoms with Crippen molar-refractivity contribution in [2.45, 2.75) is 37.8 Å². The Morgan fingerprint density at radius 1 is 1.16 bits per heavy atom. The molecular formula is C19H23BrFN3O. The average Bonchev–Trinajstić information content (AvgIpc) is 3.25. The number of rotatable bonds is 4. The minimum absolute atomic E-state index is 0.245. The number of halogens is 2. The van der Waals surface area contributed by atoms with Crippen LogP contribution in [-0.2, 0) is 0 Å². The summed E-state index contributed by atoms with van der Waals surface area (Å²) in [6, 6.07) is 8.05. The molecule has 3 heterocycles. The van der Waals surface area contributed by atoms with E-state index in [-0.39, 0.29) is 12.4 Å². The predicted octanol–water partition coefficient (Wildman–Crippen LogP) is 3.56. The van der Waals surface area contributed by atoms with Crippen LogP contribution in [0, 0.1) is 5.82 Å². The lowest BCUT2D eigenvalue weighted by Crippen LogP contribution is -2.43. The zero-order valence-corrected chi connectivity index (χ0v) is 15.8. The highest BCUT2D eigenvalue weighted by molar-refractivity contribution is 9.10. The third-order valence-corrected chi connectivity index (χ3v) is 6.15. The third kappa shape index (κ3) is 3.39. The van der Waals surface area contributed by atoms with Crippen LogP contribution in [0.2, 0.25) is 0 Å². The van der Waals surface area contributed by atoms with E-state index in [1.54, 1.807) is 6.07 Å². The monoisotopic (exact) mass is 407 g/mol. The Bertz CT molecular complexity index is 772. The molecule has 0 amide bonds. The smallest absolute Gasteiger partial charge is 0.139 e. The summed E-state index contributed by atoms with van der Waals surface area (Å²) >= 11 is 3.23. The molecule has 2 unspecified atom stereocenters. The highest BCUT2D eigenvalue weighted by Gasteiger charge is 2.31. The van der Waals surface area contributed by atoms with Crippen molar-refractivity contribution in [3.05, 3.63) is 34.6 Å². The van der Waals surface area contributed by atoms with Crippen LogP contribution in [0.5, 0.6) is 0 Å². The van der Waals surface area contributed by atoms with Crippen molar-refractivity contribution in [1.82, 2.24) is 9.88 Å². The first kappa shape index (κ1) is 17.2. The second-order valence-electron chi connectivity index (χ2n) is 7.09. The first-order valence-electron chi connectivity index (χ1n) is 9.03. The van der Waals surface area contributed by atoms with Gasteiger partial charge < -0.3 is 10.0 Å². The second-order valence-corrected chi connectivity index (χ2v) is 7.95. The normalized spacial score (nSPS) is 24.5. The minimum atomic E-state index is -0.280. The van der Waals surface area contributed by atoms with Crippen molar-refractivity contribution in [2.75, 3.05) is 31.1 Å². The van der Waals surface area contributed by atoms with E-state index in [1.807, 2.05) is 12.1 Å². The Kier molecular flexibility index (Phi) is 4.93. The number of hydrogen-bond acceptors (Lipinski definition) is 4. The molecule has 2 fully saturated rings.